The van der Waals surface area contributed by atoms with Crippen molar-refractivity contribution in [3.8, 4) is 5.69 Å². The Kier molecular flexibility index (Phi) is 3.45. The van der Waals surface area contributed by atoms with Crippen LogP contribution in [0.4, 0.5) is 16.2 Å². The van der Waals surface area contributed by atoms with Crippen molar-refractivity contribution in [1.29, 1.82) is 0 Å². The summed E-state index contributed by atoms with van der Waals surface area (Å²) in [4.78, 5) is 14.6. The van der Waals surface area contributed by atoms with Gasteiger partial charge in [0.05, 0.1) is 11.4 Å². The number of fused-ring (bicyclic) bond motifs is 3. The first-order chi connectivity index (χ1) is 11.7. The Balaban J connectivity index is 1.74. The summed E-state index contributed by atoms with van der Waals surface area (Å²) in [6.45, 7) is 2.51. The summed E-state index contributed by atoms with van der Waals surface area (Å²) >= 11 is 0. The molecule has 7 nitrogen and oxygen atoms in total. The maximum absolute atomic E-state index is 12.9. The molecule has 0 spiro atoms. The quantitative estimate of drug-likeness (QED) is 0.748. The van der Waals surface area contributed by atoms with E-state index in [9.17, 15) is 4.79 Å². The summed E-state index contributed by atoms with van der Waals surface area (Å²) in [5, 5.41) is 14.9. The fourth-order valence-electron chi connectivity index (χ4n) is 2.90. The highest BCUT2D eigenvalue weighted by Gasteiger charge is 2.29. The number of anilines is 2. The molecule has 1 N–H and O–H groups in total. The molecule has 2 aromatic carbocycles. The van der Waals surface area contributed by atoms with E-state index in [1.165, 1.54) is 0 Å². The second-order valence-electron chi connectivity index (χ2n) is 5.75. The zero-order valence-corrected chi connectivity index (χ0v) is 13.1. The Bertz CT molecular complexity index is 876. The molecule has 4 rings (SSSR count). The van der Waals surface area contributed by atoms with Gasteiger partial charge >= 0.3 is 6.03 Å². The van der Waals surface area contributed by atoms with E-state index < -0.39 is 0 Å². The van der Waals surface area contributed by atoms with Gasteiger partial charge in [-0.05, 0) is 34.7 Å². The van der Waals surface area contributed by atoms with Crippen LogP contribution < -0.4 is 10.2 Å². The van der Waals surface area contributed by atoms with Gasteiger partial charge < -0.3 is 5.32 Å². The van der Waals surface area contributed by atoms with Crippen LogP contribution in [0, 0.1) is 0 Å². The van der Waals surface area contributed by atoms with Gasteiger partial charge in [-0.2, -0.15) is 4.68 Å². The molecular weight excluding hydrogens is 304 g/mol. The third-order valence-corrected chi connectivity index (χ3v) is 4.06. The molecule has 2 amide bonds. The minimum atomic E-state index is -0.181. The van der Waals surface area contributed by atoms with Crippen molar-refractivity contribution in [2.24, 2.45) is 0 Å². The van der Waals surface area contributed by atoms with Gasteiger partial charge in [-0.3, -0.25) is 4.90 Å². The van der Waals surface area contributed by atoms with Crippen LogP contribution in [0.3, 0.4) is 0 Å². The number of urea groups is 1. The Morgan fingerprint density at radius 3 is 2.58 bits per heavy atom. The summed E-state index contributed by atoms with van der Waals surface area (Å²) in [6, 6.07) is 16.9. The molecule has 0 radical (unpaired) electrons. The van der Waals surface area contributed by atoms with Crippen LogP contribution in [-0.2, 0) is 0 Å². The van der Waals surface area contributed by atoms with E-state index in [1.807, 2.05) is 61.5 Å². The normalized spacial score (nSPS) is 16.0. The van der Waals surface area contributed by atoms with E-state index in [0.29, 0.717) is 6.54 Å². The third kappa shape index (κ3) is 2.40. The van der Waals surface area contributed by atoms with E-state index in [4.69, 9.17) is 0 Å². The van der Waals surface area contributed by atoms with Crippen LogP contribution >= 0.6 is 0 Å². The number of hydrogen-bond acceptors (Lipinski definition) is 4. The van der Waals surface area contributed by atoms with E-state index in [-0.39, 0.29) is 11.9 Å². The number of tetrazole rings is 1. The summed E-state index contributed by atoms with van der Waals surface area (Å²) < 4.78 is 1.70. The molecule has 0 saturated carbocycles. The molecule has 3 aromatic rings. The molecule has 24 heavy (non-hydrogen) atoms. The summed E-state index contributed by atoms with van der Waals surface area (Å²) in [5.41, 5.74) is 2.34. The lowest BCUT2D eigenvalue weighted by Crippen LogP contribution is -2.37. The number of carbonyl (C=O) groups excluding carboxylic acids is 1. The lowest BCUT2D eigenvalue weighted by atomic mass is 10.1. The number of aromatic nitrogens is 4. The lowest BCUT2D eigenvalue weighted by molar-refractivity contribution is 0.256. The van der Waals surface area contributed by atoms with Gasteiger partial charge in [0.2, 0.25) is 0 Å². The molecule has 2 heterocycles. The monoisotopic (exact) mass is 320 g/mol. The smallest absolute Gasteiger partial charge is 0.308 e. The van der Waals surface area contributed by atoms with Crippen molar-refractivity contribution in [1.82, 2.24) is 20.2 Å². The minimum absolute atomic E-state index is 0.00826. The van der Waals surface area contributed by atoms with Gasteiger partial charge in [-0.1, -0.05) is 37.3 Å². The Hall–Kier alpha value is -3.22. The fraction of sp³-hybridized carbons (Fsp3) is 0.176. The minimum Gasteiger partial charge on any atom is -0.308 e. The van der Waals surface area contributed by atoms with Crippen LogP contribution in [-0.4, -0.2) is 32.8 Å². The second kappa shape index (κ2) is 5.77. The Labute approximate surface area is 138 Å². The molecule has 0 fully saturated rings. The number of para-hydroxylation sites is 3. The zero-order chi connectivity index (χ0) is 16.5. The number of hydrogen-bond donors (Lipinski definition) is 1. The van der Waals surface area contributed by atoms with Gasteiger partial charge in [0.25, 0.3) is 0 Å². The molecular formula is C17H16N6O. The van der Waals surface area contributed by atoms with Crippen LogP contribution in [0.1, 0.15) is 18.7 Å². The first kappa shape index (κ1) is 14.4. The van der Waals surface area contributed by atoms with Crippen molar-refractivity contribution in [2.75, 3.05) is 16.8 Å². The van der Waals surface area contributed by atoms with Crippen LogP contribution in [0.15, 0.2) is 54.6 Å². The zero-order valence-electron chi connectivity index (χ0n) is 13.1. The summed E-state index contributed by atoms with van der Waals surface area (Å²) in [5.74, 6) is 0.756. The summed E-state index contributed by atoms with van der Waals surface area (Å²) in [7, 11) is 0. The molecule has 1 atom stereocenters. The number of nitrogens with zero attached hydrogens (tertiary/aromatic N) is 5. The molecule has 0 saturated heterocycles. The average molecular weight is 320 g/mol. The predicted molar refractivity (Wildman–Crippen MR) is 90.4 cm³/mol. The van der Waals surface area contributed by atoms with Gasteiger partial charge in [-0.15, -0.1) is 5.10 Å². The number of nitrogens with one attached hydrogen (secondary N) is 1. The lowest BCUT2D eigenvalue weighted by Gasteiger charge is -2.24. The first-order valence-corrected chi connectivity index (χ1v) is 7.75. The maximum atomic E-state index is 12.9. The molecule has 0 bridgehead atoms. The number of rotatable bonds is 1. The van der Waals surface area contributed by atoms with Crippen molar-refractivity contribution < 1.29 is 4.79 Å². The topological polar surface area (TPSA) is 75.9 Å². The van der Waals surface area contributed by atoms with Gasteiger partial charge in [0.1, 0.15) is 0 Å². The molecule has 1 aliphatic rings. The van der Waals surface area contributed by atoms with Crippen LogP contribution in [0.5, 0.6) is 0 Å². The number of amides is 2. The first-order valence-electron chi connectivity index (χ1n) is 7.75. The van der Waals surface area contributed by atoms with E-state index >= 15 is 0 Å². The van der Waals surface area contributed by atoms with E-state index in [2.05, 4.69) is 20.8 Å². The van der Waals surface area contributed by atoms with Crippen molar-refractivity contribution in [3.63, 3.8) is 0 Å². The highest BCUT2D eigenvalue weighted by molar-refractivity contribution is 6.03. The fourth-order valence-corrected chi connectivity index (χ4v) is 2.90. The van der Waals surface area contributed by atoms with Crippen molar-refractivity contribution in [3.05, 3.63) is 60.4 Å². The van der Waals surface area contributed by atoms with Crippen molar-refractivity contribution in [2.45, 2.75) is 12.8 Å². The predicted octanol–water partition coefficient (Wildman–Crippen LogP) is 2.82. The third-order valence-electron chi connectivity index (χ3n) is 4.06. The molecule has 1 aromatic heterocycles. The standard InChI is InChI=1S/C17H16N6O/c1-12-11-22(17(24)18-13-7-3-2-4-8-13)14-9-5-6-10-15(14)23-16(12)19-20-21-23/h2-10,12H,11H2,1H3,(H,18,24). The average Bonchev–Trinajstić information content (AvgIpc) is 3.06. The molecule has 7 heteroatoms. The molecule has 1 unspecified atom stereocenters. The second-order valence-corrected chi connectivity index (χ2v) is 5.75. The van der Waals surface area contributed by atoms with Gasteiger partial charge in [0.15, 0.2) is 5.82 Å². The highest BCUT2D eigenvalue weighted by Crippen LogP contribution is 2.32. The van der Waals surface area contributed by atoms with Gasteiger partial charge in [-0.25, -0.2) is 4.79 Å². The maximum Gasteiger partial charge on any atom is 0.326 e. The van der Waals surface area contributed by atoms with Crippen LogP contribution in [0.2, 0.25) is 0 Å². The number of carbonyl (C=O) groups is 1. The highest BCUT2D eigenvalue weighted by atomic mass is 16.2. The van der Waals surface area contributed by atoms with Crippen molar-refractivity contribution >= 4 is 17.4 Å². The van der Waals surface area contributed by atoms with E-state index in [0.717, 1.165) is 22.9 Å². The molecule has 1 aliphatic heterocycles. The van der Waals surface area contributed by atoms with Gasteiger partial charge in [0, 0.05) is 18.2 Å². The van der Waals surface area contributed by atoms with E-state index in [1.54, 1.807) is 9.58 Å². The SMILES string of the molecule is CC1CN(C(=O)Nc2ccccc2)c2ccccc2-n2nnnc21. The molecule has 0 aliphatic carbocycles. The Morgan fingerprint density at radius 1 is 1.08 bits per heavy atom. The Morgan fingerprint density at radius 2 is 1.79 bits per heavy atom. The molecule has 120 valence electrons. The summed E-state index contributed by atoms with van der Waals surface area (Å²) in [6.07, 6.45) is 0. The van der Waals surface area contributed by atoms with Crippen LogP contribution in [0.25, 0.3) is 5.69 Å². The number of benzene rings is 2. The largest absolute Gasteiger partial charge is 0.326 e.